The quantitative estimate of drug-likeness (QED) is 0.474. The first-order valence-corrected chi connectivity index (χ1v) is 9.23. The fraction of sp³-hybridized carbons (Fsp3) is 0.0500. The molecule has 0 atom stereocenters. The van der Waals surface area contributed by atoms with Crippen molar-refractivity contribution < 1.29 is 14.0 Å². The maximum absolute atomic E-state index is 12.6. The van der Waals surface area contributed by atoms with E-state index in [1.807, 2.05) is 12.1 Å². The van der Waals surface area contributed by atoms with Crippen LogP contribution in [0, 0.1) is 0 Å². The summed E-state index contributed by atoms with van der Waals surface area (Å²) in [6, 6.07) is 15.7. The van der Waals surface area contributed by atoms with E-state index >= 15 is 0 Å². The highest BCUT2D eigenvalue weighted by molar-refractivity contribution is 8.18. The Morgan fingerprint density at radius 1 is 1.04 bits per heavy atom. The number of fused-ring (bicyclic) bond motifs is 1. The van der Waals surface area contributed by atoms with Crippen molar-refractivity contribution in [2.45, 2.75) is 6.54 Å². The molecule has 2 heterocycles. The van der Waals surface area contributed by atoms with Gasteiger partial charge in [0.05, 0.1) is 17.0 Å². The standard InChI is InChI=1S/C20H12ClNO4S/c21-15-7-5-12(6-8-15)11-22-18(23)17(27-20(22)25)10-14-9-13-3-1-2-4-16(13)26-19(14)24/h1-10H,11H2/b17-10-. The molecule has 0 saturated carbocycles. The number of para-hydroxylation sites is 1. The fourth-order valence-electron chi connectivity index (χ4n) is 2.73. The Kier molecular flexibility index (Phi) is 4.59. The van der Waals surface area contributed by atoms with E-state index in [-0.39, 0.29) is 22.3 Å². The number of halogens is 1. The van der Waals surface area contributed by atoms with Crippen LogP contribution in [0.5, 0.6) is 0 Å². The second-order valence-corrected chi connectivity index (χ2v) is 7.35. The molecule has 0 unspecified atom stereocenters. The molecule has 1 saturated heterocycles. The highest BCUT2D eigenvalue weighted by Gasteiger charge is 2.35. The molecule has 134 valence electrons. The van der Waals surface area contributed by atoms with E-state index in [0.717, 1.165) is 27.6 Å². The first kappa shape index (κ1) is 17.6. The molecule has 0 spiro atoms. The Morgan fingerprint density at radius 3 is 2.56 bits per heavy atom. The predicted octanol–water partition coefficient (Wildman–Crippen LogP) is 4.68. The summed E-state index contributed by atoms with van der Waals surface area (Å²) in [6.45, 7) is 0.144. The Hall–Kier alpha value is -2.83. The van der Waals surface area contributed by atoms with Gasteiger partial charge in [-0.15, -0.1) is 0 Å². The maximum Gasteiger partial charge on any atom is 0.343 e. The zero-order valence-electron chi connectivity index (χ0n) is 13.8. The second kappa shape index (κ2) is 7.06. The lowest BCUT2D eigenvalue weighted by Gasteiger charge is -2.12. The first-order valence-electron chi connectivity index (χ1n) is 8.04. The summed E-state index contributed by atoms with van der Waals surface area (Å²) >= 11 is 6.66. The van der Waals surface area contributed by atoms with E-state index < -0.39 is 11.5 Å². The van der Waals surface area contributed by atoms with Gasteiger partial charge in [-0.25, -0.2) is 4.79 Å². The Labute approximate surface area is 163 Å². The molecule has 2 amide bonds. The van der Waals surface area contributed by atoms with Crippen molar-refractivity contribution in [3.63, 3.8) is 0 Å². The lowest BCUT2D eigenvalue weighted by atomic mass is 10.1. The molecule has 1 aliphatic heterocycles. The van der Waals surface area contributed by atoms with Gasteiger partial charge < -0.3 is 4.42 Å². The minimum absolute atomic E-state index is 0.144. The summed E-state index contributed by atoms with van der Waals surface area (Å²) < 4.78 is 5.27. The normalized spacial score (nSPS) is 15.9. The first-order chi connectivity index (χ1) is 13.0. The highest BCUT2D eigenvalue weighted by Crippen LogP contribution is 2.33. The van der Waals surface area contributed by atoms with Crippen LogP contribution in [0.15, 0.2) is 68.7 Å². The highest BCUT2D eigenvalue weighted by atomic mass is 35.5. The molecular weight excluding hydrogens is 386 g/mol. The number of thioether (sulfide) groups is 1. The fourth-order valence-corrected chi connectivity index (χ4v) is 3.68. The van der Waals surface area contributed by atoms with Crippen molar-refractivity contribution in [3.8, 4) is 0 Å². The topological polar surface area (TPSA) is 67.6 Å². The molecule has 0 radical (unpaired) electrons. The molecule has 0 N–H and O–H groups in total. The zero-order valence-corrected chi connectivity index (χ0v) is 15.4. The molecule has 7 heteroatoms. The van der Waals surface area contributed by atoms with Crippen LogP contribution in [0.2, 0.25) is 5.02 Å². The Morgan fingerprint density at radius 2 is 1.78 bits per heavy atom. The molecule has 1 aliphatic rings. The summed E-state index contributed by atoms with van der Waals surface area (Å²) in [5, 5.41) is 0.936. The molecule has 1 fully saturated rings. The van der Waals surface area contributed by atoms with Crippen LogP contribution < -0.4 is 5.63 Å². The van der Waals surface area contributed by atoms with Crippen LogP contribution in [-0.2, 0) is 11.3 Å². The zero-order chi connectivity index (χ0) is 19.0. The SMILES string of the molecule is O=C1S/C(=C\c2cc3ccccc3oc2=O)C(=O)N1Cc1ccc(Cl)cc1. The van der Waals surface area contributed by atoms with Gasteiger partial charge in [-0.05, 0) is 47.7 Å². The van der Waals surface area contributed by atoms with Crippen LogP contribution in [0.1, 0.15) is 11.1 Å². The van der Waals surface area contributed by atoms with Crippen molar-refractivity contribution in [1.29, 1.82) is 0 Å². The van der Waals surface area contributed by atoms with Crippen LogP contribution in [-0.4, -0.2) is 16.0 Å². The number of nitrogens with zero attached hydrogens (tertiary/aromatic N) is 1. The van der Waals surface area contributed by atoms with Crippen LogP contribution in [0.3, 0.4) is 0 Å². The average molecular weight is 398 g/mol. The number of rotatable bonds is 3. The number of imide groups is 1. The second-order valence-electron chi connectivity index (χ2n) is 5.92. The number of benzene rings is 2. The molecule has 4 rings (SSSR count). The molecule has 3 aromatic rings. The van der Waals surface area contributed by atoms with Crippen LogP contribution in [0.4, 0.5) is 4.79 Å². The maximum atomic E-state index is 12.6. The van der Waals surface area contributed by atoms with E-state index in [4.69, 9.17) is 16.0 Å². The van der Waals surface area contributed by atoms with E-state index in [1.165, 1.54) is 6.08 Å². The minimum Gasteiger partial charge on any atom is -0.422 e. The molecule has 0 aliphatic carbocycles. The summed E-state index contributed by atoms with van der Waals surface area (Å²) in [6.07, 6.45) is 1.41. The molecule has 5 nitrogen and oxygen atoms in total. The number of carbonyl (C=O) groups is 2. The minimum atomic E-state index is -0.557. The number of hydrogen-bond acceptors (Lipinski definition) is 5. The molecular formula is C20H12ClNO4S. The summed E-state index contributed by atoms with van der Waals surface area (Å²) in [4.78, 5) is 38.4. The summed E-state index contributed by atoms with van der Waals surface area (Å²) in [7, 11) is 0. The van der Waals surface area contributed by atoms with Crippen molar-refractivity contribution in [1.82, 2.24) is 4.90 Å². The predicted molar refractivity (Wildman–Crippen MR) is 105 cm³/mol. The third-order valence-corrected chi connectivity index (χ3v) is 5.24. The van der Waals surface area contributed by atoms with E-state index in [2.05, 4.69) is 0 Å². The molecule has 27 heavy (non-hydrogen) atoms. The van der Waals surface area contributed by atoms with Crippen molar-refractivity contribution in [3.05, 3.63) is 86.1 Å². The van der Waals surface area contributed by atoms with Gasteiger partial charge in [-0.2, -0.15) is 0 Å². The molecule has 1 aromatic heterocycles. The van der Waals surface area contributed by atoms with Crippen LogP contribution >= 0.6 is 23.4 Å². The van der Waals surface area contributed by atoms with Crippen molar-refractivity contribution in [2.24, 2.45) is 0 Å². The van der Waals surface area contributed by atoms with Gasteiger partial charge in [0, 0.05) is 10.4 Å². The molecule has 0 bridgehead atoms. The largest absolute Gasteiger partial charge is 0.422 e. The lowest BCUT2D eigenvalue weighted by molar-refractivity contribution is -0.123. The number of amides is 2. The monoisotopic (exact) mass is 397 g/mol. The number of hydrogen-bond donors (Lipinski definition) is 0. The van der Waals surface area contributed by atoms with Gasteiger partial charge in [-0.1, -0.05) is 41.9 Å². The lowest BCUT2D eigenvalue weighted by Crippen LogP contribution is -2.27. The number of carbonyl (C=O) groups excluding carboxylic acids is 2. The van der Waals surface area contributed by atoms with Gasteiger partial charge in [-0.3, -0.25) is 14.5 Å². The van der Waals surface area contributed by atoms with E-state index in [0.29, 0.717) is 10.6 Å². The summed E-state index contributed by atoms with van der Waals surface area (Å²) in [5.74, 6) is -0.437. The third kappa shape index (κ3) is 3.54. The van der Waals surface area contributed by atoms with Gasteiger partial charge in [0.2, 0.25) is 0 Å². The Bertz CT molecular complexity index is 1150. The van der Waals surface area contributed by atoms with Gasteiger partial charge in [0.25, 0.3) is 11.1 Å². The third-order valence-electron chi connectivity index (χ3n) is 4.08. The van der Waals surface area contributed by atoms with Gasteiger partial charge in [0.1, 0.15) is 5.58 Å². The van der Waals surface area contributed by atoms with Gasteiger partial charge >= 0.3 is 5.63 Å². The van der Waals surface area contributed by atoms with Crippen molar-refractivity contribution in [2.75, 3.05) is 0 Å². The van der Waals surface area contributed by atoms with Crippen LogP contribution in [0.25, 0.3) is 17.0 Å². The van der Waals surface area contributed by atoms with E-state index in [1.54, 1.807) is 42.5 Å². The smallest absolute Gasteiger partial charge is 0.343 e. The van der Waals surface area contributed by atoms with Crippen molar-refractivity contribution >= 4 is 51.6 Å². The van der Waals surface area contributed by atoms with Gasteiger partial charge in [0.15, 0.2) is 0 Å². The average Bonchev–Trinajstić information content (AvgIpc) is 2.91. The summed E-state index contributed by atoms with van der Waals surface area (Å²) in [5.41, 5.74) is 0.924. The Balaban J connectivity index is 1.64. The molecule has 2 aromatic carbocycles. The van der Waals surface area contributed by atoms with E-state index in [9.17, 15) is 14.4 Å².